The van der Waals surface area contributed by atoms with E-state index in [2.05, 4.69) is 24.9 Å². The van der Waals surface area contributed by atoms with Crippen molar-refractivity contribution in [1.29, 1.82) is 0 Å². The third-order valence-corrected chi connectivity index (χ3v) is 12.5. The molecule has 0 saturated heterocycles. The fourth-order valence-electron chi connectivity index (χ4n) is 7.11. The molecule has 0 radical (unpaired) electrons. The first-order chi connectivity index (χ1) is 18.9. The van der Waals surface area contributed by atoms with Gasteiger partial charge >= 0.3 is 0 Å². The van der Waals surface area contributed by atoms with Crippen molar-refractivity contribution in [3.05, 3.63) is 0 Å². The van der Waals surface area contributed by atoms with Crippen molar-refractivity contribution >= 4 is 38.2 Å². The van der Waals surface area contributed by atoms with Crippen molar-refractivity contribution in [3.63, 3.8) is 0 Å². The summed E-state index contributed by atoms with van der Waals surface area (Å²) in [6.07, 6.45) is 5.17. The number of aliphatic hydroxyl groups excluding tert-OH is 1. The number of nitrogens with one attached hydrogen (secondary N) is 1. The second-order valence-corrected chi connectivity index (χ2v) is 15.8. The Morgan fingerprint density at radius 2 is 1.55 bits per heavy atom. The molecule has 1 amide bonds. The number of aliphatic hydroxyl groups is 1. The Morgan fingerprint density at radius 1 is 0.875 bits per heavy atom. The Kier molecular flexibility index (Phi) is 10.9. The van der Waals surface area contributed by atoms with E-state index in [9.17, 15) is 35.8 Å². The molecule has 0 aromatic carbocycles. The van der Waals surface area contributed by atoms with Crippen molar-refractivity contribution < 1.29 is 50.5 Å². The van der Waals surface area contributed by atoms with E-state index in [1.807, 2.05) is 0 Å². The van der Waals surface area contributed by atoms with Gasteiger partial charge in [0, 0.05) is 29.9 Å². The average Bonchev–Trinajstić information content (AvgIpc) is 2.90. The Bertz CT molecular complexity index is 1120. The molecule has 9 unspecified atom stereocenters. The van der Waals surface area contributed by atoms with Gasteiger partial charge < -0.3 is 10.4 Å². The van der Waals surface area contributed by atoms with Crippen LogP contribution in [0.25, 0.3) is 0 Å². The lowest BCUT2D eigenvalue weighted by atomic mass is 9.65. The quantitative estimate of drug-likeness (QED) is 0.0816. The van der Waals surface area contributed by atoms with Gasteiger partial charge in [-0.25, -0.2) is 5.26 Å². The predicted octanol–water partition coefficient (Wildman–Crippen LogP) is 2.56. The molecule has 4 saturated carbocycles. The normalized spacial score (nSPS) is 38.1. The molecule has 9 atom stereocenters. The van der Waals surface area contributed by atoms with Crippen LogP contribution in [-0.4, -0.2) is 82.2 Å². The summed E-state index contributed by atoms with van der Waals surface area (Å²) in [5, 5.41) is 32.7. The van der Waals surface area contributed by atoms with E-state index >= 15 is 0 Å². The second-order valence-electron chi connectivity index (χ2n) is 11.5. The summed E-state index contributed by atoms with van der Waals surface area (Å²) in [5.74, 6) is -1.53. The van der Waals surface area contributed by atoms with E-state index < -0.39 is 72.1 Å². The molecule has 4 fully saturated rings. The average molecular weight is 630 g/mol. The van der Waals surface area contributed by atoms with E-state index in [0.717, 1.165) is 32.1 Å². The van der Waals surface area contributed by atoms with Gasteiger partial charge in [0.05, 0.1) is 22.6 Å². The molecule has 14 nitrogen and oxygen atoms in total. The molecule has 0 aliphatic heterocycles. The minimum absolute atomic E-state index is 0.0325. The Labute approximate surface area is 238 Å². The lowest BCUT2D eigenvalue weighted by Crippen LogP contribution is -2.61. The SMILES string of the molecule is O=C(NC1CC(S(=O)(=O)O)CC2CC(SOOO)C(N=NC3CCCCC3S(=O)(=O)O)C(O)C21)C1CCCCC1. The van der Waals surface area contributed by atoms with Gasteiger partial charge in [0.25, 0.3) is 20.2 Å². The number of nitrogens with zero attached hydrogens (tertiary/aromatic N) is 2. The van der Waals surface area contributed by atoms with Crippen LogP contribution in [0.1, 0.15) is 77.0 Å². The molecule has 0 heterocycles. The summed E-state index contributed by atoms with van der Waals surface area (Å²) in [4.78, 5) is 13.2. The molecular formula is C23H39N3O11S3. The molecule has 4 rings (SSSR count). The van der Waals surface area contributed by atoms with Crippen LogP contribution < -0.4 is 5.32 Å². The summed E-state index contributed by atoms with van der Waals surface area (Å²) >= 11 is 0.652. The van der Waals surface area contributed by atoms with E-state index in [1.54, 1.807) is 0 Å². The molecule has 0 aromatic rings. The molecule has 0 aromatic heterocycles. The zero-order valence-electron chi connectivity index (χ0n) is 22.0. The van der Waals surface area contributed by atoms with Crippen LogP contribution in [-0.2, 0) is 34.4 Å². The summed E-state index contributed by atoms with van der Waals surface area (Å²) < 4.78 is 72.4. The maximum atomic E-state index is 13.2. The van der Waals surface area contributed by atoms with Crippen LogP contribution in [0.5, 0.6) is 0 Å². The van der Waals surface area contributed by atoms with Gasteiger partial charge in [0.2, 0.25) is 5.91 Å². The Morgan fingerprint density at radius 3 is 2.20 bits per heavy atom. The van der Waals surface area contributed by atoms with E-state index in [-0.39, 0.29) is 37.5 Å². The van der Waals surface area contributed by atoms with Crippen LogP contribution in [0, 0.1) is 17.8 Å². The molecule has 230 valence electrons. The number of fused-ring (bicyclic) bond motifs is 1. The molecule has 17 heteroatoms. The molecule has 4 aliphatic rings. The van der Waals surface area contributed by atoms with Crippen LogP contribution in [0.3, 0.4) is 0 Å². The number of carbonyl (C=O) groups excluding carboxylic acids is 1. The summed E-state index contributed by atoms with van der Waals surface area (Å²) in [6.45, 7) is 0. The molecule has 0 bridgehead atoms. The monoisotopic (exact) mass is 629 g/mol. The number of rotatable bonds is 9. The first-order valence-corrected chi connectivity index (χ1v) is 17.7. The topological polar surface area (TPSA) is 221 Å². The third kappa shape index (κ3) is 7.72. The predicted molar refractivity (Wildman–Crippen MR) is 143 cm³/mol. The smallest absolute Gasteiger partial charge is 0.269 e. The lowest BCUT2D eigenvalue weighted by molar-refractivity contribution is -0.432. The molecule has 4 aliphatic carbocycles. The zero-order valence-corrected chi connectivity index (χ0v) is 24.5. The van der Waals surface area contributed by atoms with Gasteiger partial charge in [-0.05, 0) is 50.9 Å². The number of carbonyl (C=O) groups is 1. The first kappa shape index (κ1) is 32.0. The minimum atomic E-state index is -4.44. The number of hydrogen-bond donors (Lipinski definition) is 5. The largest absolute Gasteiger partial charge is 0.390 e. The van der Waals surface area contributed by atoms with Gasteiger partial charge in [-0.3, -0.25) is 13.9 Å². The van der Waals surface area contributed by atoms with E-state index in [4.69, 9.17) is 5.26 Å². The van der Waals surface area contributed by atoms with E-state index in [0.29, 0.717) is 31.3 Å². The van der Waals surface area contributed by atoms with Gasteiger partial charge in [-0.1, -0.05) is 37.1 Å². The van der Waals surface area contributed by atoms with E-state index in [1.165, 1.54) is 0 Å². The summed E-state index contributed by atoms with van der Waals surface area (Å²) in [5.41, 5.74) is 0. The van der Waals surface area contributed by atoms with Crippen molar-refractivity contribution in [3.8, 4) is 0 Å². The van der Waals surface area contributed by atoms with Crippen molar-refractivity contribution in [1.82, 2.24) is 5.32 Å². The van der Waals surface area contributed by atoms with Gasteiger partial charge in [0.15, 0.2) is 0 Å². The van der Waals surface area contributed by atoms with Gasteiger partial charge in [-0.15, -0.1) is 4.33 Å². The number of hydrogen-bond acceptors (Lipinski definition) is 12. The highest BCUT2D eigenvalue weighted by Crippen LogP contribution is 2.47. The first-order valence-electron chi connectivity index (χ1n) is 13.8. The van der Waals surface area contributed by atoms with Crippen molar-refractivity contribution in [2.24, 2.45) is 28.0 Å². The highest BCUT2D eigenvalue weighted by Gasteiger charge is 2.53. The molecule has 40 heavy (non-hydrogen) atoms. The number of amides is 1. The lowest BCUT2D eigenvalue weighted by Gasteiger charge is -2.50. The standard InChI is InChI=1S/C23H39N3O11S3/c27-22-20-14(10-15(39(30,31)32)12-17(20)24-23(28)13-6-2-1-3-7-13)11-18(38-37-36-29)21(22)26-25-16-8-4-5-9-19(16)40(33,34)35/h13-22,27,29H,1-12H2,(H,24,28)(H,30,31,32)(H,33,34,35). The molecule has 0 spiro atoms. The Hall–Kier alpha value is -0.920. The fraction of sp³-hybridized carbons (Fsp3) is 0.957. The maximum Gasteiger partial charge on any atom is 0.269 e. The maximum absolute atomic E-state index is 13.2. The zero-order chi connectivity index (χ0) is 29.1. The van der Waals surface area contributed by atoms with Crippen molar-refractivity contribution in [2.75, 3.05) is 0 Å². The summed E-state index contributed by atoms with van der Waals surface area (Å²) in [7, 11) is -8.81. The molecular weight excluding hydrogens is 590 g/mol. The van der Waals surface area contributed by atoms with Gasteiger partial charge in [0.1, 0.15) is 11.3 Å². The fourth-order valence-corrected chi connectivity index (χ4v) is 9.89. The summed E-state index contributed by atoms with van der Waals surface area (Å²) in [6, 6.07) is -2.57. The van der Waals surface area contributed by atoms with Crippen LogP contribution >= 0.6 is 12.0 Å². The van der Waals surface area contributed by atoms with Gasteiger partial charge in [-0.2, -0.15) is 27.1 Å². The van der Waals surface area contributed by atoms with Crippen molar-refractivity contribution in [2.45, 2.75) is 117 Å². The highest BCUT2D eigenvalue weighted by atomic mass is 32.2. The number of azo groups is 1. The van der Waals surface area contributed by atoms with Crippen LogP contribution in [0.4, 0.5) is 0 Å². The second kappa shape index (κ2) is 13.6. The third-order valence-electron chi connectivity index (χ3n) is 9.07. The molecule has 5 N–H and O–H groups in total. The van der Waals surface area contributed by atoms with Crippen LogP contribution in [0.15, 0.2) is 10.2 Å². The van der Waals surface area contributed by atoms with Crippen LogP contribution in [0.2, 0.25) is 0 Å². The highest BCUT2D eigenvalue weighted by molar-refractivity contribution is 7.95. The minimum Gasteiger partial charge on any atom is -0.390 e. The Balaban J connectivity index is 1.61.